The highest BCUT2D eigenvalue weighted by atomic mass is 16.6. The van der Waals surface area contributed by atoms with Crippen LogP contribution in [0.25, 0.3) is 0 Å². The molecule has 0 bridgehead atoms. The normalized spacial score (nSPS) is 12.1. The average molecular weight is 290 g/mol. The molecule has 0 aliphatic carbocycles. The van der Waals surface area contributed by atoms with E-state index in [0.717, 1.165) is 12.1 Å². The molecule has 1 atom stereocenters. The number of rotatable bonds is 7. The van der Waals surface area contributed by atoms with Crippen molar-refractivity contribution in [2.45, 2.75) is 26.1 Å². The first kappa shape index (κ1) is 15.0. The van der Waals surface area contributed by atoms with Crippen molar-refractivity contribution in [3.05, 3.63) is 52.3 Å². The van der Waals surface area contributed by atoms with Gasteiger partial charge in [0.1, 0.15) is 0 Å². The summed E-state index contributed by atoms with van der Waals surface area (Å²) in [4.78, 5) is 10.4. The molecule has 1 unspecified atom stereocenters. The van der Waals surface area contributed by atoms with Crippen molar-refractivity contribution in [2.75, 3.05) is 7.11 Å². The van der Waals surface area contributed by atoms with Gasteiger partial charge >= 0.3 is 5.69 Å². The van der Waals surface area contributed by atoms with E-state index in [4.69, 9.17) is 4.74 Å². The van der Waals surface area contributed by atoms with Crippen molar-refractivity contribution in [1.82, 2.24) is 15.1 Å². The molecule has 2 aromatic rings. The Bertz CT molecular complexity index is 598. The van der Waals surface area contributed by atoms with Gasteiger partial charge in [-0.1, -0.05) is 6.07 Å². The van der Waals surface area contributed by atoms with E-state index in [1.807, 2.05) is 16.9 Å². The molecule has 7 heteroatoms. The lowest BCUT2D eigenvalue weighted by Gasteiger charge is -2.14. The third kappa shape index (κ3) is 4.03. The topological polar surface area (TPSA) is 82.2 Å². The molecule has 0 amide bonds. The fourth-order valence-corrected chi connectivity index (χ4v) is 2.03. The van der Waals surface area contributed by atoms with Gasteiger partial charge in [0, 0.05) is 31.0 Å². The number of hydrogen-bond donors (Lipinski definition) is 1. The molecule has 0 aliphatic heterocycles. The van der Waals surface area contributed by atoms with Crippen LogP contribution in [0.2, 0.25) is 0 Å². The first-order chi connectivity index (χ1) is 10.1. The van der Waals surface area contributed by atoms with Gasteiger partial charge in [-0.15, -0.1) is 0 Å². The van der Waals surface area contributed by atoms with Gasteiger partial charge in [0.25, 0.3) is 0 Å². The summed E-state index contributed by atoms with van der Waals surface area (Å²) in [6.45, 7) is 3.43. The van der Waals surface area contributed by atoms with E-state index in [1.54, 1.807) is 18.3 Å². The molecule has 112 valence electrons. The standard InChI is InChI=1S/C14H18N4O3/c1-11(10-17-7-3-6-16-17)15-9-12-4-5-13(18(19)20)14(8-12)21-2/h3-8,11,15H,9-10H2,1-2H3. The van der Waals surface area contributed by atoms with E-state index in [1.165, 1.54) is 13.2 Å². The Hall–Kier alpha value is -2.41. The number of aromatic nitrogens is 2. The van der Waals surface area contributed by atoms with Gasteiger partial charge in [0.15, 0.2) is 5.75 Å². The summed E-state index contributed by atoms with van der Waals surface area (Å²) in [5, 5.41) is 18.3. The van der Waals surface area contributed by atoms with Crippen LogP contribution in [-0.4, -0.2) is 27.9 Å². The first-order valence-electron chi connectivity index (χ1n) is 6.62. The number of nitrogens with zero attached hydrogens (tertiary/aromatic N) is 3. The van der Waals surface area contributed by atoms with Crippen molar-refractivity contribution < 1.29 is 9.66 Å². The van der Waals surface area contributed by atoms with Crippen molar-refractivity contribution >= 4 is 5.69 Å². The van der Waals surface area contributed by atoms with Crippen LogP contribution < -0.4 is 10.1 Å². The summed E-state index contributed by atoms with van der Waals surface area (Å²) < 4.78 is 6.91. The van der Waals surface area contributed by atoms with Gasteiger partial charge in [-0.25, -0.2) is 0 Å². The molecule has 0 fully saturated rings. The van der Waals surface area contributed by atoms with E-state index in [-0.39, 0.29) is 17.5 Å². The predicted molar refractivity (Wildman–Crippen MR) is 78.2 cm³/mol. The fraction of sp³-hybridized carbons (Fsp3) is 0.357. The Morgan fingerprint density at radius 1 is 1.52 bits per heavy atom. The molecular formula is C14H18N4O3. The summed E-state index contributed by atoms with van der Waals surface area (Å²) in [6, 6.07) is 6.99. The maximum absolute atomic E-state index is 10.8. The van der Waals surface area contributed by atoms with Crippen molar-refractivity contribution in [3.8, 4) is 5.75 Å². The molecular weight excluding hydrogens is 272 g/mol. The molecule has 0 spiro atoms. The van der Waals surface area contributed by atoms with Crippen molar-refractivity contribution in [2.24, 2.45) is 0 Å². The highest BCUT2D eigenvalue weighted by molar-refractivity contribution is 5.48. The monoisotopic (exact) mass is 290 g/mol. The Morgan fingerprint density at radius 3 is 2.95 bits per heavy atom. The number of benzene rings is 1. The molecule has 0 saturated carbocycles. The minimum atomic E-state index is -0.448. The van der Waals surface area contributed by atoms with Gasteiger partial charge in [-0.3, -0.25) is 14.8 Å². The van der Waals surface area contributed by atoms with Crippen LogP contribution in [-0.2, 0) is 13.1 Å². The summed E-state index contributed by atoms with van der Waals surface area (Å²) in [7, 11) is 1.43. The van der Waals surface area contributed by atoms with E-state index in [2.05, 4.69) is 17.3 Å². The number of nitro groups is 1. The Labute approximate surface area is 122 Å². The second kappa shape index (κ2) is 6.85. The van der Waals surface area contributed by atoms with Crippen LogP contribution in [0, 0.1) is 10.1 Å². The van der Waals surface area contributed by atoms with Crippen LogP contribution >= 0.6 is 0 Å². The van der Waals surface area contributed by atoms with Gasteiger partial charge < -0.3 is 10.1 Å². The zero-order valence-corrected chi connectivity index (χ0v) is 12.0. The molecule has 0 saturated heterocycles. The minimum absolute atomic E-state index is 0.0224. The Morgan fingerprint density at radius 2 is 2.33 bits per heavy atom. The van der Waals surface area contributed by atoms with Crippen molar-refractivity contribution in [3.63, 3.8) is 0 Å². The molecule has 2 rings (SSSR count). The highest BCUT2D eigenvalue weighted by Crippen LogP contribution is 2.27. The summed E-state index contributed by atoms with van der Waals surface area (Å²) in [5.41, 5.74) is 0.913. The molecule has 21 heavy (non-hydrogen) atoms. The quantitative estimate of drug-likeness (QED) is 0.623. The van der Waals surface area contributed by atoms with Crippen molar-refractivity contribution in [1.29, 1.82) is 0 Å². The number of nitro benzene ring substituents is 1. The van der Waals surface area contributed by atoms with Crippen LogP contribution in [0.15, 0.2) is 36.7 Å². The van der Waals surface area contributed by atoms with Crippen LogP contribution in [0.5, 0.6) is 5.75 Å². The molecule has 1 N–H and O–H groups in total. The third-order valence-corrected chi connectivity index (χ3v) is 3.12. The van der Waals surface area contributed by atoms with E-state index in [0.29, 0.717) is 6.54 Å². The van der Waals surface area contributed by atoms with Crippen LogP contribution in [0.3, 0.4) is 0 Å². The molecule has 7 nitrogen and oxygen atoms in total. The average Bonchev–Trinajstić information content (AvgIpc) is 2.97. The number of nitrogens with one attached hydrogen (secondary N) is 1. The SMILES string of the molecule is COc1cc(CNC(C)Cn2cccn2)ccc1[N+](=O)[O-]. The third-order valence-electron chi connectivity index (χ3n) is 3.12. The number of hydrogen-bond acceptors (Lipinski definition) is 5. The van der Waals surface area contributed by atoms with E-state index in [9.17, 15) is 10.1 Å². The maximum atomic E-state index is 10.8. The lowest BCUT2D eigenvalue weighted by atomic mass is 10.1. The van der Waals surface area contributed by atoms with Gasteiger partial charge in [-0.2, -0.15) is 5.10 Å². The Kier molecular flexibility index (Phi) is 4.89. The van der Waals surface area contributed by atoms with Gasteiger partial charge in [0.2, 0.25) is 0 Å². The molecule has 1 aromatic carbocycles. The van der Waals surface area contributed by atoms with Gasteiger partial charge in [-0.05, 0) is 24.6 Å². The first-order valence-corrected chi connectivity index (χ1v) is 6.62. The van der Waals surface area contributed by atoms with Gasteiger partial charge in [0.05, 0.1) is 18.6 Å². The largest absolute Gasteiger partial charge is 0.490 e. The summed E-state index contributed by atoms with van der Waals surface area (Å²) in [6.07, 6.45) is 3.65. The van der Waals surface area contributed by atoms with E-state index >= 15 is 0 Å². The van der Waals surface area contributed by atoms with E-state index < -0.39 is 4.92 Å². The Balaban J connectivity index is 1.95. The zero-order chi connectivity index (χ0) is 15.2. The minimum Gasteiger partial charge on any atom is -0.490 e. The second-order valence-corrected chi connectivity index (χ2v) is 4.77. The lowest BCUT2D eigenvalue weighted by Crippen LogP contribution is -2.30. The van der Waals surface area contributed by atoms with Crippen LogP contribution in [0.4, 0.5) is 5.69 Å². The summed E-state index contributed by atoms with van der Waals surface area (Å²) in [5.74, 6) is 0.277. The lowest BCUT2D eigenvalue weighted by molar-refractivity contribution is -0.385. The maximum Gasteiger partial charge on any atom is 0.310 e. The predicted octanol–water partition coefficient (Wildman–Crippen LogP) is 1.98. The smallest absolute Gasteiger partial charge is 0.310 e. The molecule has 0 radical (unpaired) electrons. The highest BCUT2D eigenvalue weighted by Gasteiger charge is 2.14. The number of ether oxygens (including phenoxy) is 1. The second-order valence-electron chi connectivity index (χ2n) is 4.77. The molecule has 1 heterocycles. The summed E-state index contributed by atoms with van der Waals surface area (Å²) >= 11 is 0. The zero-order valence-electron chi connectivity index (χ0n) is 12.0. The molecule has 0 aliphatic rings. The van der Waals surface area contributed by atoms with Crippen LogP contribution in [0.1, 0.15) is 12.5 Å². The fourth-order valence-electron chi connectivity index (χ4n) is 2.03. The molecule has 1 aromatic heterocycles. The number of methoxy groups -OCH3 is 1.